The van der Waals surface area contributed by atoms with Crippen molar-refractivity contribution in [1.29, 1.82) is 0 Å². The van der Waals surface area contributed by atoms with Crippen LogP contribution in [-0.2, 0) is 6.61 Å². The maximum absolute atomic E-state index is 5.60. The van der Waals surface area contributed by atoms with Crippen LogP contribution in [0.25, 0.3) is 0 Å². The molecule has 2 aromatic rings. The first-order chi connectivity index (χ1) is 7.74. The molecule has 0 aliphatic heterocycles. The molecule has 0 bridgehead atoms. The zero-order valence-corrected chi connectivity index (χ0v) is 10.4. The summed E-state index contributed by atoms with van der Waals surface area (Å²) in [5, 5.41) is 0. The van der Waals surface area contributed by atoms with Crippen molar-refractivity contribution >= 4 is 15.9 Å². The fourth-order valence-corrected chi connectivity index (χ4v) is 1.68. The molecular weight excluding hydrogens is 268 g/mol. The summed E-state index contributed by atoms with van der Waals surface area (Å²) in [6.07, 6.45) is 7.04. The molecule has 2 heterocycles. The smallest absolute Gasteiger partial charge is 0.139 e. The largest absolute Gasteiger partial charge is 0.487 e. The fourth-order valence-electron chi connectivity index (χ4n) is 1.33. The van der Waals surface area contributed by atoms with Gasteiger partial charge in [-0.1, -0.05) is 0 Å². The molecule has 0 radical (unpaired) electrons. The molecule has 0 saturated heterocycles. The van der Waals surface area contributed by atoms with Crippen LogP contribution in [0.2, 0.25) is 0 Å². The molecule has 16 heavy (non-hydrogen) atoms. The molecule has 0 unspecified atom stereocenters. The van der Waals surface area contributed by atoms with E-state index in [0.717, 1.165) is 21.3 Å². The van der Waals surface area contributed by atoms with Gasteiger partial charge in [0.25, 0.3) is 0 Å². The van der Waals surface area contributed by atoms with Gasteiger partial charge in [0, 0.05) is 28.6 Å². The minimum absolute atomic E-state index is 0.507. The van der Waals surface area contributed by atoms with Crippen LogP contribution < -0.4 is 4.74 Å². The Hall–Kier alpha value is -1.42. The predicted molar refractivity (Wildman–Crippen MR) is 65.2 cm³/mol. The van der Waals surface area contributed by atoms with Crippen LogP contribution in [0.1, 0.15) is 11.1 Å². The van der Waals surface area contributed by atoms with E-state index in [1.165, 1.54) is 0 Å². The van der Waals surface area contributed by atoms with Gasteiger partial charge in [0.15, 0.2) is 0 Å². The van der Waals surface area contributed by atoms with Crippen molar-refractivity contribution in [3.8, 4) is 5.75 Å². The molecule has 4 heteroatoms. The maximum Gasteiger partial charge on any atom is 0.139 e. The van der Waals surface area contributed by atoms with Crippen molar-refractivity contribution < 1.29 is 4.74 Å². The van der Waals surface area contributed by atoms with E-state index in [1.807, 2.05) is 19.2 Å². The lowest BCUT2D eigenvalue weighted by molar-refractivity contribution is 0.304. The molecule has 2 aromatic heterocycles. The number of aromatic nitrogens is 2. The second-order valence-electron chi connectivity index (χ2n) is 3.50. The van der Waals surface area contributed by atoms with E-state index < -0.39 is 0 Å². The van der Waals surface area contributed by atoms with Gasteiger partial charge in [-0.05, 0) is 40.5 Å². The van der Waals surface area contributed by atoms with Gasteiger partial charge < -0.3 is 4.74 Å². The van der Waals surface area contributed by atoms with Gasteiger partial charge in [-0.15, -0.1) is 0 Å². The number of halogens is 1. The van der Waals surface area contributed by atoms with Crippen molar-refractivity contribution in [2.75, 3.05) is 0 Å². The second kappa shape index (κ2) is 5.07. The van der Waals surface area contributed by atoms with Gasteiger partial charge >= 0.3 is 0 Å². The molecule has 0 aromatic carbocycles. The lowest BCUT2D eigenvalue weighted by Crippen LogP contribution is -1.96. The van der Waals surface area contributed by atoms with E-state index in [9.17, 15) is 0 Å². The van der Waals surface area contributed by atoms with Crippen LogP contribution >= 0.6 is 15.9 Å². The lowest BCUT2D eigenvalue weighted by atomic mass is 10.2. The van der Waals surface area contributed by atoms with Crippen LogP contribution in [0, 0.1) is 6.92 Å². The minimum atomic E-state index is 0.507. The number of rotatable bonds is 3. The zero-order chi connectivity index (χ0) is 11.4. The Kier molecular flexibility index (Phi) is 3.51. The molecule has 0 atom stereocenters. The van der Waals surface area contributed by atoms with Gasteiger partial charge in [0.05, 0.1) is 6.20 Å². The summed E-state index contributed by atoms with van der Waals surface area (Å²) in [7, 11) is 0. The summed E-state index contributed by atoms with van der Waals surface area (Å²) in [6.45, 7) is 2.52. The Balaban J connectivity index is 2.02. The quantitative estimate of drug-likeness (QED) is 0.865. The monoisotopic (exact) mass is 278 g/mol. The van der Waals surface area contributed by atoms with Crippen molar-refractivity contribution in [1.82, 2.24) is 9.97 Å². The molecule has 0 N–H and O–H groups in total. The lowest BCUT2D eigenvalue weighted by Gasteiger charge is -2.06. The van der Waals surface area contributed by atoms with Crippen LogP contribution in [-0.4, -0.2) is 9.97 Å². The zero-order valence-electron chi connectivity index (χ0n) is 8.85. The van der Waals surface area contributed by atoms with Gasteiger partial charge in [0.2, 0.25) is 0 Å². The molecule has 2 rings (SSSR count). The van der Waals surface area contributed by atoms with Gasteiger partial charge in [-0.2, -0.15) is 0 Å². The minimum Gasteiger partial charge on any atom is -0.487 e. The van der Waals surface area contributed by atoms with Crippen molar-refractivity contribution in [2.45, 2.75) is 13.5 Å². The molecule has 0 aliphatic rings. The Morgan fingerprint density at radius 3 is 2.69 bits per heavy atom. The summed E-state index contributed by atoms with van der Waals surface area (Å²) in [5.74, 6) is 0.746. The molecule has 0 amide bonds. The van der Waals surface area contributed by atoms with Gasteiger partial charge in [-0.25, -0.2) is 0 Å². The number of nitrogens with zero attached hydrogens (tertiary/aromatic N) is 2. The number of pyridine rings is 2. The normalized spacial score (nSPS) is 10.1. The fraction of sp³-hybridized carbons (Fsp3) is 0.167. The van der Waals surface area contributed by atoms with Crippen LogP contribution in [0.4, 0.5) is 0 Å². The molecule has 3 nitrogen and oxygen atoms in total. The third-order valence-corrected chi connectivity index (χ3v) is 2.45. The topological polar surface area (TPSA) is 35.0 Å². The van der Waals surface area contributed by atoms with Gasteiger partial charge in [0.1, 0.15) is 12.4 Å². The van der Waals surface area contributed by atoms with Gasteiger partial charge in [-0.3, -0.25) is 9.97 Å². The van der Waals surface area contributed by atoms with Crippen molar-refractivity contribution in [2.24, 2.45) is 0 Å². The highest BCUT2D eigenvalue weighted by molar-refractivity contribution is 9.10. The predicted octanol–water partition coefficient (Wildman–Crippen LogP) is 3.13. The van der Waals surface area contributed by atoms with E-state index in [1.54, 1.807) is 18.6 Å². The Labute approximate surface area is 103 Å². The van der Waals surface area contributed by atoms with E-state index in [2.05, 4.69) is 32.0 Å². The molecule has 0 fully saturated rings. The highest BCUT2D eigenvalue weighted by Crippen LogP contribution is 2.17. The van der Waals surface area contributed by atoms with Crippen molar-refractivity contribution in [3.05, 3.63) is 52.5 Å². The number of aryl methyl sites for hydroxylation is 1. The Morgan fingerprint density at radius 2 is 1.94 bits per heavy atom. The third kappa shape index (κ3) is 3.03. The Morgan fingerprint density at radius 1 is 1.12 bits per heavy atom. The summed E-state index contributed by atoms with van der Waals surface area (Å²) in [4.78, 5) is 8.14. The van der Waals surface area contributed by atoms with Crippen molar-refractivity contribution in [3.63, 3.8) is 0 Å². The third-order valence-electron chi connectivity index (χ3n) is 2.02. The molecular formula is C12H11BrN2O. The average Bonchev–Trinajstić information content (AvgIpc) is 2.27. The van der Waals surface area contributed by atoms with Crippen LogP contribution in [0.15, 0.2) is 41.4 Å². The first-order valence-electron chi connectivity index (χ1n) is 4.88. The highest BCUT2D eigenvalue weighted by atomic mass is 79.9. The average molecular weight is 279 g/mol. The number of hydrogen-bond acceptors (Lipinski definition) is 3. The highest BCUT2D eigenvalue weighted by Gasteiger charge is 1.98. The maximum atomic E-state index is 5.60. The van der Waals surface area contributed by atoms with E-state index in [0.29, 0.717) is 6.61 Å². The molecule has 0 saturated carbocycles. The SMILES string of the molecule is Cc1cncc(COc2cncc(Br)c2)c1. The number of hydrogen-bond donors (Lipinski definition) is 0. The van der Waals surface area contributed by atoms with E-state index in [4.69, 9.17) is 4.74 Å². The summed E-state index contributed by atoms with van der Waals surface area (Å²) >= 11 is 3.35. The summed E-state index contributed by atoms with van der Waals surface area (Å²) < 4.78 is 6.50. The van der Waals surface area contributed by atoms with Crippen LogP contribution in [0.5, 0.6) is 5.75 Å². The van der Waals surface area contributed by atoms with Crippen LogP contribution in [0.3, 0.4) is 0 Å². The molecule has 0 spiro atoms. The number of ether oxygens (including phenoxy) is 1. The standard InChI is InChI=1S/C12H11BrN2O/c1-9-2-10(5-14-4-9)8-16-12-3-11(13)6-15-7-12/h2-7H,8H2,1H3. The van der Waals surface area contributed by atoms with E-state index >= 15 is 0 Å². The van der Waals surface area contributed by atoms with E-state index in [-0.39, 0.29) is 0 Å². The summed E-state index contributed by atoms with van der Waals surface area (Å²) in [5.41, 5.74) is 2.19. The second-order valence-corrected chi connectivity index (χ2v) is 4.41. The molecule has 82 valence electrons. The summed E-state index contributed by atoms with van der Waals surface area (Å²) in [6, 6.07) is 3.94. The molecule has 0 aliphatic carbocycles. The first-order valence-corrected chi connectivity index (χ1v) is 5.67. The first kappa shape index (κ1) is 11.1. The Bertz CT molecular complexity index is 442.